The number of nitrogens with zero attached hydrogens (tertiary/aromatic N) is 2. The van der Waals surface area contributed by atoms with Gasteiger partial charge >= 0.3 is 0 Å². The first-order valence-electron chi connectivity index (χ1n) is 5.72. The lowest BCUT2D eigenvalue weighted by molar-refractivity contribution is -0.748. The lowest BCUT2D eigenvalue weighted by atomic mass is 10.1. The topological polar surface area (TPSA) is 80.0 Å². The quantitative estimate of drug-likeness (QED) is 0.622. The Morgan fingerprint density at radius 2 is 2.00 bits per heavy atom. The molecule has 2 rings (SSSR count). The summed E-state index contributed by atoms with van der Waals surface area (Å²) < 4.78 is 25.9. The second kappa shape index (κ2) is 6.15. The van der Waals surface area contributed by atoms with Gasteiger partial charge in [-0.2, -0.15) is 0 Å². The van der Waals surface area contributed by atoms with Gasteiger partial charge in [0, 0.05) is 10.5 Å². The molecule has 0 saturated heterocycles. The molecule has 0 radical (unpaired) electrons. The first-order valence-corrected chi connectivity index (χ1v) is 7.61. The standard InChI is InChI=1S/C12H13N3O3S.ClH/c1-3-15-8-10(12(16)14-19(2,17)18)9-6-4-5-7-11(9)13-15;/h4-8H,3H2,1-2H3;1H. The van der Waals surface area contributed by atoms with Crippen molar-refractivity contribution in [1.29, 1.82) is 0 Å². The van der Waals surface area contributed by atoms with Crippen LogP contribution in [0.1, 0.15) is 17.3 Å². The summed E-state index contributed by atoms with van der Waals surface area (Å²) in [6.07, 6.45) is 2.49. The molecule has 1 aromatic heterocycles. The highest BCUT2D eigenvalue weighted by molar-refractivity contribution is 7.89. The van der Waals surface area contributed by atoms with Crippen molar-refractivity contribution in [2.45, 2.75) is 13.5 Å². The second-order valence-corrected chi connectivity index (χ2v) is 5.87. The van der Waals surface area contributed by atoms with Crippen LogP contribution in [0.3, 0.4) is 0 Å². The van der Waals surface area contributed by atoms with Gasteiger partial charge in [0.1, 0.15) is 11.1 Å². The number of hydrogen-bond donors (Lipinski definition) is 1. The van der Waals surface area contributed by atoms with E-state index in [-0.39, 0.29) is 18.0 Å². The monoisotopic (exact) mass is 315 g/mol. The number of carbonyl (C=O) groups excluding carboxylic acids is 1. The molecule has 1 heterocycles. The molecule has 0 fully saturated rings. The van der Waals surface area contributed by atoms with Crippen molar-refractivity contribution in [3.05, 3.63) is 36.0 Å². The van der Waals surface area contributed by atoms with Gasteiger partial charge in [0.2, 0.25) is 16.2 Å². The van der Waals surface area contributed by atoms with Crippen molar-refractivity contribution in [3.63, 3.8) is 0 Å². The highest BCUT2D eigenvalue weighted by atomic mass is 35.5. The Morgan fingerprint density at radius 1 is 1.35 bits per heavy atom. The normalized spacial score (nSPS) is 10.9. The molecule has 108 valence electrons. The summed E-state index contributed by atoms with van der Waals surface area (Å²) in [6.45, 7) is 2.48. The predicted octanol–water partition coefficient (Wildman–Crippen LogP) is -2.76. The molecular weight excluding hydrogens is 302 g/mol. The van der Waals surface area contributed by atoms with E-state index in [0.717, 1.165) is 6.26 Å². The van der Waals surface area contributed by atoms with Crippen molar-refractivity contribution < 1.29 is 30.3 Å². The van der Waals surface area contributed by atoms with Crippen LogP contribution in [0.15, 0.2) is 30.5 Å². The summed E-state index contributed by atoms with van der Waals surface area (Å²) in [5, 5.41) is 4.94. The maximum absolute atomic E-state index is 12.0. The number of fused-ring (bicyclic) bond motifs is 1. The first kappa shape index (κ1) is 16.3. The van der Waals surface area contributed by atoms with E-state index in [1.807, 2.05) is 17.7 Å². The summed E-state index contributed by atoms with van der Waals surface area (Å²) in [6, 6.07) is 7.10. The summed E-state index contributed by atoms with van der Waals surface area (Å²) in [5.74, 6) is -0.650. The van der Waals surface area contributed by atoms with Gasteiger partial charge in [-0.3, -0.25) is 4.79 Å². The van der Waals surface area contributed by atoms with Crippen LogP contribution in [0.4, 0.5) is 0 Å². The third kappa shape index (κ3) is 3.64. The molecule has 0 atom stereocenters. The van der Waals surface area contributed by atoms with Gasteiger partial charge in [-0.25, -0.2) is 13.1 Å². The first-order chi connectivity index (χ1) is 8.90. The maximum Gasteiger partial charge on any atom is 0.271 e. The number of benzene rings is 1. The Morgan fingerprint density at radius 3 is 2.60 bits per heavy atom. The minimum Gasteiger partial charge on any atom is -1.00 e. The summed E-state index contributed by atoms with van der Waals surface area (Å²) in [7, 11) is -3.59. The van der Waals surface area contributed by atoms with Crippen molar-refractivity contribution >= 4 is 26.8 Å². The number of sulfonamides is 1. The fraction of sp³-hybridized carbons (Fsp3) is 0.250. The van der Waals surface area contributed by atoms with Crippen LogP contribution >= 0.6 is 0 Å². The number of aryl methyl sites for hydroxylation is 1. The van der Waals surface area contributed by atoms with E-state index < -0.39 is 15.9 Å². The number of hydrogen-bond acceptors (Lipinski definition) is 4. The molecule has 1 amide bonds. The Labute approximate surface area is 123 Å². The van der Waals surface area contributed by atoms with E-state index in [1.54, 1.807) is 29.1 Å². The van der Waals surface area contributed by atoms with E-state index in [4.69, 9.17) is 0 Å². The zero-order chi connectivity index (χ0) is 14.0. The van der Waals surface area contributed by atoms with Crippen LogP contribution in [0.2, 0.25) is 0 Å². The molecule has 0 saturated carbocycles. The van der Waals surface area contributed by atoms with Crippen LogP contribution in [0.5, 0.6) is 0 Å². The van der Waals surface area contributed by atoms with Gasteiger partial charge in [0.25, 0.3) is 5.91 Å². The summed E-state index contributed by atoms with van der Waals surface area (Å²) in [4.78, 5) is 12.0. The highest BCUT2D eigenvalue weighted by Crippen LogP contribution is 2.14. The molecule has 2 aromatic rings. The van der Waals surface area contributed by atoms with Gasteiger partial charge < -0.3 is 12.4 Å². The van der Waals surface area contributed by atoms with Crippen LogP contribution < -0.4 is 21.8 Å². The van der Waals surface area contributed by atoms with Crippen LogP contribution in [0.25, 0.3) is 10.9 Å². The van der Waals surface area contributed by atoms with Crippen molar-refractivity contribution in [1.82, 2.24) is 9.82 Å². The van der Waals surface area contributed by atoms with E-state index in [2.05, 4.69) is 5.10 Å². The van der Waals surface area contributed by atoms with Crippen molar-refractivity contribution in [3.8, 4) is 0 Å². The predicted molar refractivity (Wildman–Crippen MR) is 69.9 cm³/mol. The number of aromatic nitrogens is 2. The minimum atomic E-state index is -3.59. The fourth-order valence-electron chi connectivity index (χ4n) is 1.74. The molecule has 0 aliphatic heterocycles. The van der Waals surface area contributed by atoms with E-state index >= 15 is 0 Å². The zero-order valence-electron chi connectivity index (χ0n) is 11.0. The Kier molecular flexibility index (Phi) is 5.02. The maximum atomic E-state index is 12.0. The molecule has 0 spiro atoms. The van der Waals surface area contributed by atoms with E-state index in [1.165, 1.54) is 0 Å². The van der Waals surface area contributed by atoms with E-state index in [0.29, 0.717) is 17.4 Å². The molecular formula is C12H14ClN3O3S. The number of rotatable bonds is 3. The van der Waals surface area contributed by atoms with Crippen LogP contribution in [-0.4, -0.2) is 25.7 Å². The molecule has 20 heavy (non-hydrogen) atoms. The Bertz CT molecular complexity index is 747. The number of nitrogens with one attached hydrogen (secondary N) is 1. The summed E-state index contributed by atoms with van der Waals surface area (Å²) >= 11 is 0. The fourth-order valence-corrected chi connectivity index (χ4v) is 2.19. The molecule has 0 aliphatic rings. The third-order valence-electron chi connectivity index (χ3n) is 2.56. The zero-order valence-corrected chi connectivity index (χ0v) is 12.6. The van der Waals surface area contributed by atoms with Crippen molar-refractivity contribution in [2.24, 2.45) is 0 Å². The average Bonchev–Trinajstić information content (AvgIpc) is 2.35. The van der Waals surface area contributed by atoms with Gasteiger partial charge in [-0.05, 0) is 13.0 Å². The molecule has 0 aliphatic carbocycles. The van der Waals surface area contributed by atoms with Crippen LogP contribution in [-0.2, 0) is 16.6 Å². The van der Waals surface area contributed by atoms with Crippen LogP contribution in [0, 0.1) is 0 Å². The summed E-state index contributed by atoms with van der Waals surface area (Å²) in [5.41, 5.74) is 0.934. The molecule has 1 aromatic carbocycles. The number of halogens is 1. The molecule has 1 N–H and O–H groups in total. The lowest BCUT2D eigenvalue weighted by Crippen LogP contribution is -3.00. The number of carbonyl (C=O) groups is 1. The highest BCUT2D eigenvalue weighted by Gasteiger charge is 2.19. The Hall–Kier alpha value is -1.73. The average molecular weight is 316 g/mol. The lowest BCUT2D eigenvalue weighted by Gasteiger charge is -2.04. The molecule has 0 unspecified atom stereocenters. The third-order valence-corrected chi connectivity index (χ3v) is 3.11. The number of amides is 1. The Balaban J connectivity index is 0.00000200. The van der Waals surface area contributed by atoms with E-state index in [9.17, 15) is 13.2 Å². The van der Waals surface area contributed by atoms with Gasteiger partial charge in [0.15, 0.2) is 6.54 Å². The second-order valence-electron chi connectivity index (χ2n) is 4.12. The molecule has 0 bridgehead atoms. The van der Waals surface area contributed by atoms with Gasteiger partial charge in [0.05, 0.1) is 6.26 Å². The smallest absolute Gasteiger partial charge is 0.271 e. The van der Waals surface area contributed by atoms with Gasteiger partial charge in [-0.15, -0.1) is 0 Å². The van der Waals surface area contributed by atoms with Crippen molar-refractivity contribution in [2.75, 3.05) is 6.26 Å². The SMILES string of the molecule is CC[n+]1cc(C(=O)NS(C)(=O)=O)c2ccccc2n1.[Cl-]. The minimum absolute atomic E-state index is 0. The molecule has 6 nitrogen and oxygen atoms in total. The largest absolute Gasteiger partial charge is 1.00 e. The van der Waals surface area contributed by atoms with Gasteiger partial charge in [-0.1, -0.05) is 22.9 Å². The molecule has 8 heteroatoms.